The van der Waals surface area contributed by atoms with Crippen LogP contribution in [0.4, 0.5) is 17.1 Å². The van der Waals surface area contributed by atoms with Crippen molar-refractivity contribution < 1.29 is 128 Å². The summed E-state index contributed by atoms with van der Waals surface area (Å²) in [6.07, 6.45) is 12.1. The predicted octanol–water partition coefficient (Wildman–Crippen LogP) is 15.4. The van der Waals surface area contributed by atoms with Crippen molar-refractivity contribution in [3.05, 3.63) is 388 Å². The van der Waals surface area contributed by atoms with E-state index in [4.69, 9.17) is 20.4 Å². The molecule has 8 aliphatic rings. The van der Waals surface area contributed by atoms with E-state index in [0.29, 0.717) is 36.6 Å². The number of aromatic nitrogens is 4. The fraction of sp³-hybridized carbons (Fsp3) is 0.0714. The third-order valence-electron chi connectivity index (χ3n) is 21.4. The van der Waals surface area contributed by atoms with Crippen LogP contribution in [0.2, 0.25) is 0 Å². The SMILES string of the molecule is CC(=O)C=C(C)O.CC(=O)C=C(C)O.CC(=O)C=C(C)O.CC(=O)C=C(C)O.O=P12c3ccccc3Sc3[c-]c(-c4ccccn4)cc(c31)Sc1ccccc12.[Pt].[Pt].[Pt].[Pt].[c-]1c(-c2ccccn2)cc2c3c1Sc1ccccc1P3c1ccccc1S2.[c-]1c(-c2ccccn2)cc2c3c1[Se]c1ccccc1B3c1ccccc1[Se]2.[c-]1c(-c2ccccn2)cc2c3c1[Se]c1ccccc1N3c1ccccc1[Se]2. The maximum atomic E-state index is 14.7. The third-order valence-corrected chi connectivity index (χ3v) is 42.2. The zero-order valence-electron chi connectivity index (χ0n) is 76.4. The molecule has 716 valence electrons. The molecule has 2 atom stereocenters. The topological polar surface area (TPSA) is 221 Å². The normalized spacial score (nSPS) is 14.3. The van der Waals surface area contributed by atoms with Gasteiger partial charge in [-0.15, -0.1) is 82.4 Å². The Morgan fingerprint density at radius 1 is 0.348 bits per heavy atom. The van der Waals surface area contributed by atoms with E-state index in [1.54, 1.807) is 29.7 Å². The molecule has 29 heteroatoms. The van der Waals surface area contributed by atoms with Gasteiger partial charge in [-0.2, -0.15) is 0 Å². The summed E-state index contributed by atoms with van der Waals surface area (Å²) in [6.45, 7) is 11.8. The number of carbonyl (C=O) groups excluding carboxylic acids is 4. The molecule has 0 saturated carbocycles. The fourth-order valence-electron chi connectivity index (χ4n) is 16.2. The molecule has 16 aromatic rings. The Bertz CT molecular complexity index is 6730. The van der Waals surface area contributed by atoms with Gasteiger partial charge in [0.1, 0.15) is 7.14 Å². The molecule has 8 aliphatic heterocycles. The van der Waals surface area contributed by atoms with E-state index >= 15 is 0 Å². The summed E-state index contributed by atoms with van der Waals surface area (Å²) in [5.41, 5.74) is 16.7. The number of aliphatic hydroxyl groups is 4. The van der Waals surface area contributed by atoms with E-state index in [9.17, 15) is 23.7 Å². The number of hydrogen-bond donors (Lipinski definition) is 4. The minimum absolute atomic E-state index is 0. The molecule has 0 radical (unpaired) electrons. The molecule has 0 amide bonds. The average molecular weight is 2940 g/mol. The second-order valence-corrected chi connectivity index (χ2v) is 49.8. The number of fused-ring (bicyclic) bond motifs is 16. The number of benzene rings is 12. The van der Waals surface area contributed by atoms with Gasteiger partial charge in [0, 0.05) is 151 Å². The van der Waals surface area contributed by atoms with Gasteiger partial charge in [-0.05, 0) is 119 Å². The molecule has 0 fully saturated rings. The zero-order valence-corrected chi connectivity index (χ0v) is 97.4. The molecule has 141 heavy (non-hydrogen) atoms. The second-order valence-electron chi connectivity index (χ2n) is 31.8. The number of aliphatic hydroxyl groups excluding tert-OH is 4. The van der Waals surface area contributed by atoms with Gasteiger partial charge in [-0.1, -0.05) is 130 Å². The van der Waals surface area contributed by atoms with Crippen LogP contribution in [0.15, 0.2) is 402 Å². The first-order valence-corrected chi connectivity index (χ1v) is 56.5. The number of carbonyl (C=O) groups is 4. The van der Waals surface area contributed by atoms with Crippen LogP contribution >= 0.6 is 62.1 Å². The maximum absolute atomic E-state index is 14.7. The van der Waals surface area contributed by atoms with Gasteiger partial charge in [-0.25, -0.2) is 0 Å². The van der Waals surface area contributed by atoms with Crippen molar-refractivity contribution in [1.29, 1.82) is 0 Å². The van der Waals surface area contributed by atoms with E-state index < -0.39 is 15.1 Å². The number of anilines is 3. The van der Waals surface area contributed by atoms with Crippen LogP contribution in [0, 0.1) is 24.3 Å². The summed E-state index contributed by atoms with van der Waals surface area (Å²) in [5.74, 6) is -0.250. The van der Waals surface area contributed by atoms with Crippen LogP contribution in [0.1, 0.15) is 55.4 Å². The second kappa shape index (κ2) is 50.1. The molecule has 12 heterocycles. The number of para-hydroxylation sites is 2. The molecule has 12 aromatic carbocycles. The van der Waals surface area contributed by atoms with Crippen LogP contribution in [-0.4, -0.2) is 130 Å². The molecule has 4 aromatic heterocycles. The van der Waals surface area contributed by atoms with Gasteiger partial charge >= 0.3 is 343 Å². The van der Waals surface area contributed by atoms with E-state index in [0.717, 1.165) is 80.5 Å². The fourth-order valence-corrected chi connectivity index (χ4v) is 39.2. The molecule has 24 rings (SSSR count). The van der Waals surface area contributed by atoms with Gasteiger partial charge in [0.05, 0.1) is 23.0 Å². The molecule has 0 saturated heterocycles. The Morgan fingerprint density at radius 3 is 1.14 bits per heavy atom. The summed E-state index contributed by atoms with van der Waals surface area (Å²) in [5, 5.41) is 40.7. The number of nitrogens with zero attached hydrogens (tertiary/aromatic N) is 5. The first-order valence-electron chi connectivity index (χ1n) is 43.4. The Hall–Kier alpha value is -9.16. The average Bonchev–Trinajstić information content (AvgIpc) is 0.687. The van der Waals surface area contributed by atoms with Crippen molar-refractivity contribution in [3.63, 3.8) is 0 Å². The van der Waals surface area contributed by atoms with Crippen LogP contribution in [0.5, 0.6) is 0 Å². The Labute approximate surface area is 922 Å². The number of hydrogen-bond acceptors (Lipinski definition) is 18. The molecule has 0 spiro atoms. The molecular formula is C112H84BN5O9P2Pt4S4Se4-4. The van der Waals surface area contributed by atoms with Crippen molar-refractivity contribution in [3.8, 4) is 45.0 Å². The number of ketones is 4. The summed E-state index contributed by atoms with van der Waals surface area (Å²) in [7, 11) is -3.45. The van der Waals surface area contributed by atoms with E-state index in [-0.39, 0.29) is 160 Å². The molecule has 0 aliphatic carbocycles. The van der Waals surface area contributed by atoms with E-state index in [1.165, 1.54) is 184 Å². The van der Waals surface area contributed by atoms with Gasteiger partial charge in [0.15, 0.2) is 23.1 Å². The van der Waals surface area contributed by atoms with Crippen molar-refractivity contribution in [2.75, 3.05) is 4.90 Å². The Kier molecular flexibility index (Phi) is 38.8. The van der Waals surface area contributed by atoms with Gasteiger partial charge in [0.25, 0.3) is 0 Å². The summed E-state index contributed by atoms with van der Waals surface area (Å²) in [6, 6.07) is 118. The first kappa shape index (κ1) is 109. The molecule has 14 nitrogen and oxygen atoms in total. The van der Waals surface area contributed by atoms with Crippen LogP contribution < -0.4 is 88.8 Å². The number of allylic oxidation sites excluding steroid dienone is 8. The van der Waals surface area contributed by atoms with Crippen molar-refractivity contribution in [2.24, 2.45) is 0 Å². The number of rotatable bonds is 8. The minimum atomic E-state index is -2.92. The van der Waals surface area contributed by atoms with Crippen LogP contribution in [0.25, 0.3) is 45.0 Å². The van der Waals surface area contributed by atoms with Gasteiger partial charge in [0.2, 0.25) is 0 Å². The third kappa shape index (κ3) is 25.3. The summed E-state index contributed by atoms with van der Waals surface area (Å²) < 4.78 is 26.3. The number of pyridine rings is 4. The molecule has 2 unspecified atom stereocenters. The van der Waals surface area contributed by atoms with Gasteiger partial charge in [-0.3, -0.25) is 19.2 Å². The summed E-state index contributed by atoms with van der Waals surface area (Å²) >= 11 is 8.27. The Morgan fingerprint density at radius 2 is 0.688 bits per heavy atom. The zero-order chi connectivity index (χ0) is 95.5. The quantitative estimate of drug-likeness (QED) is 0.0365. The predicted molar refractivity (Wildman–Crippen MR) is 569 cm³/mol. The van der Waals surface area contributed by atoms with E-state index in [2.05, 4.69) is 255 Å². The van der Waals surface area contributed by atoms with Crippen LogP contribution in [0.3, 0.4) is 0 Å². The van der Waals surface area contributed by atoms with Crippen LogP contribution in [-0.2, 0) is 108 Å². The van der Waals surface area contributed by atoms with Gasteiger partial charge < -0.3 is 35.0 Å². The first-order chi connectivity index (χ1) is 66.4. The van der Waals surface area contributed by atoms with Crippen molar-refractivity contribution in [1.82, 2.24) is 19.9 Å². The Balaban J connectivity index is 0.000000144. The van der Waals surface area contributed by atoms with E-state index in [1.807, 2.05) is 127 Å². The van der Waals surface area contributed by atoms with Crippen molar-refractivity contribution >= 4 is 253 Å². The standard InChI is InChI=1S/C23H13BNSe2.C23H13N2Se2.C23H13NOPS2.C23H13NPS2.4C5H8O2.4Pt/c1-3-10-19-16(7-1)24-17-8-2-4-11-20(17)27-22-14-15(13-21(26-19)23(22)24)18-9-5-6-12-25-18;1-3-10-19-17(8-1)25-18-9-2-4-11-20(18)27-22-14-15(13-21(26-19)23(22)25)16-7-5-6-12-24-16;25-26-17-8-1-3-10-19(17)27-21-13-15(16-7-5-6-12-24-16)14-22(23(21)26)28-20-11-4-2-9-18(20)26;1-3-10-19-17(8-1)25-18-9-2-4-11-20(18)27-22-14-15(13-21(26-19)23(22)25)16-7-5-6-12-24-16;4*1-4(6)3-5(2)7;;;;/h2*1-13H;1-13H;1-13H;4*3,6H,1-2H3;;;;/q4*-1;;;;;;;;. The molecule has 0 bridgehead atoms. The molecule has 4 N–H and O–H groups in total. The monoisotopic (exact) mass is 2940 g/mol. The van der Waals surface area contributed by atoms with Crippen molar-refractivity contribution in [2.45, 2.75) is 94.6 Å². The summed E-state index contributed by atoms with van der Waals surface area (Å²) in [4.78, 5) is 70.2. The molecular weight excluding hydrogens is 2860 g/mol.